The molecule has 1 N–H and O–H groups in total. The number of fused-ring (bicyclic) bond motifs is 1. The van der Waals surface area contributed by atoms with Gasteiger partial charge in [0, 0.05) is 54.6 Å². The summed E-state index contributed by atoms with van der Waals surface area (Å²) in [7, 11) is 0. The van der Waals surface area contributed by atoms with Crippen LogP contribution in [0.3, 0.4) is 0 Å². The molecule has 1 saturated heterocycles. The molecule has 186 valence electrons. The molecule has 4 aromatic rings. The van der Waals surface area contributed by atoms with Crippen LogP contribution in [0.15, 0.2) is 52.6 Å². The van der Waals surface area contributed by atoms with E-state index in [0.717, 1.165) is 65.8 Å². The Labute approximate surface area is 212 Å². The zero-order valence-electron chi connectivity index (χ0n) is 20.0. The van der Waals surface area contributed by atoms with Crippen molar-refractivity contribution in [2.75, 3.05) is 19.7 Å². The summed E-state index contributed by atoms with van der Waals surface area (Å²) in [5.74, 6) is 0. The first-order valence-corrected chi connectivity index (χ1v) is 12.6. The average Bonchev–Trinajstić information content (AvgIpc) is 3.62. The second-order valence-electron chi connectivity index (χ2n) is 9.60. The molecule has 0 bridgehead atoms. The molecular weight excluding hydrogens is 480 g/mol. The molecule has 1 aliphatic carbocycles. The second kappa shape index (κ2) is 9.31. The lowest BCUT2D eigenvalue weighted by Gasteiger charge is -2.25. The van der Waals surface area contributed by atoms with E-state index >= 15 is 0 Å². The Kier molecular flexibility index (Phi) is 5.99. The third-order valence-electron chi connectivity index (χ3n) is 6.97. The molecule has 0 spiro atoms. The first kappa shape index (κ1) is 23.1. The summed E-state index contributed by atoms with van der Waals surface area (Å²) in [5, 5.41) is 8.41. The molecule has 10 heteroatoms. The Morgan fingerprint density at radius 1 is 1.22 bits per heavy atom. The highest BCUT2D eigenvalue weighted by molar-refractivity contribution is 6.31. The van der Waals surface area contributed by atoms with Gasteiger partial charge in [-0.25, -0.2) is 14.3 Å². The fourth-order valence-electron chi connectivity index (χ4n) is 5.00. The lowest BCUT2D eigenvalue weighted by Crippen LogP contribution is -2.39. The van der Waals surface area contributed by atoms with Gasteiger partial charge in [-0.15, -0.1) is 0 Å². The number of rotatable bonds is 6. The van der Waals surface area contributed by atoms with E-state index in [1.807, 2.05) is 24.4 Å². The Morgan fingerprint density at radius 3 is 2.86 bits per heavy atom. The van der Waals surface area contributed by atoms with E-state index in [1.54, 1.807) is 15.3 Å². The van der Waals surface area contributed by atoms with Crippen molar-refractivity contribution in [1.29, 1.82) is 0 Å². The van der Waals surface area contributed by atoms with Crippen LogP contribution in [-0.2, 0) is 17.7 Å². The van der Waals surface area contributed by atoms with Crippen LogP contribution in [0.4, 0.5) is 0 Å². The summed E-state index contributed by atoms with van der Waals surface area (Å²) >= 11 is 6.49. The summed E-state index contributed by atoms with van der Waals surface area (Å²) in [5.41, 5.74) is 4.87. The van der Waals surface area contributed by atoms with Crippen LogP contribution >= 0.6 is 11.6 Å². The fraction of sp³-hybridized carbons (Fsp3) is 0.385. The molecule has 1 unspecified atom stereocenters. The van der Waals surface area contributed by atoms with Crippen molar-refractivity contribution in [2.45, 2.75) is 44.9 Å². The standard InChI is InChI=1S/C26H27ClN6O3/c1-16-8-18(27)10-22(21(16)11-20-12-28-5-7-36-20)25-23-9-17(14-33(23)30-15-29-25)13-32-24(34)4-6-31(26(32)35)19-2-3-19/h4,6,8-10,14-15,19-20,28H,2-3,5,7,11-13H2,1H3. The smallest absolute Gasteiger partial charge is 0.331 e. The van der Waals surface area contributed by atoms with Gasteiger partial charge in [-0.3, -0.25) is 13.9 Å². The molecule has 2 aliphatic rings. The van der Waals surface area contributed by atoms with Crippen molar-refractivity contribution in [3.8, 4) is 11.3 Å². The van der Waals surface area contributed by atoms with Crippen molar-refractivity contribution in [2.24, 2.45) is 0 Å². The molecule has 4 heterocycles. The SMILES string of the molecule is Cc1cc(Cl)cc(-c2ncnn3cc(Cn4c(=O)ccn(C5CC5)c4=O)cc23)c1CC1CNCCO1. The van der Waals surface area contributed by atoms with Crippen LogP contribution in [-0.4, -0.2) is 49.5 Å². The molecule has 1 atom stereocenters. The summed E-state index contributed by atoms with van der Waals surface area (Å²) in [6, 6.07) is 7.50. The lowest BCUT2D eigenvalue weighted by molar-refractivity contribution is 0.0292. The van der Waals surface area contributed by atoms with Gasteiger partial charge in [0.15, 0.2) is 0 Å². The minimum absolute atomic E-state index is 0.0659. The van der Waals surface area contributed by atoms with E-state index in [4.69, 9.17) is 16.3 Å². The maximum absolute atomic E-state index is 12.9. The van der Waals surface area contributed by atoms with Gasteiger partial charge in [0.05, 0.1) is 30.5 Å². The zero-order valence-corrected chi connectivity index (χ0v) is 20.7. The fourth-order valence-corrected chi connectivity index (χ4v) is 5.27. The maximum Gasteiger partial charge on any atom is 0.331 e. The largest absolute Gasteiger partial charge is 0.375 e. The summed E-state index contributed by atoms with van der Waals surface area (Å²) in [6.45, 7) is 4.55. The molecule has 0 amide bonds. The Bertz CT molecular complexity index is 1560. The third-order valence-corrected chi connectivity index (χ3v) is 7.19. The van der Waals surface area contributed by atoms with E-state index in [1.165, 1.54) is 17.0 Å². The normalized spacial score (nSPS) is 18.1. The number of halogens is 1. The Balaban J connectivity index is 1.41. The van der Waals surface area contributed by atoms with Crippen LogP contribution in [0.1, 0.15) is 35.6 Å². The van der Waals surface area contributed by atoms with Crippen LogP contribution in [0.25, 0.3) is 16.8 Å². The van der Waals surface area contributed by atoms with Crippen LogP contribution in [0.5, 0.6) is 0 Å². The van der Waals surface area contributed by atoms with E-state index < -0.39 is 0 Å². The molecular formula is C26H27ClN6O3. The van der Waals surface area contributed by atoms with Gasteiger partial charge >= 0.3 is 5.69 Å². The molecule has 0 radical (unpaired) electrons. The highest BCUT2D eigenvalue weighted by atomic mass is 35.5. The van der Waals surface area contributed by atoms with Gasteiger partial charge in [-0.05, 0) is 54.7 Å². The minimum Gasteiger partial charge on any atom is -0.375 e. The van der Waals surface area contributed by atoms with E-state index in [9.17, 15) is 9.59 Å². The molecule has 2 fully saturated rings. The zero-order chi connectivity index (χ0) is 24.8. The Morgan fingerprint density at radius 2 is 2.08 bits per heavy atom. The molecule has 3 aromatic heterocycles. The average molecular weight is 507 g/mol. The summed E-state index contributed by atoms with van der Waals surface area (Å²) < 4.78 is 10.7. The summed E-state index contributed by atoms with van der Waals surface area (Å²) in [4.78, 5) is 30.1. The minimum atomic E-state index is -0.313. The topological polar surface area (TPSA) is 95.5 Å². The number of benzene rings is 1. The number of aryl methyl sites for hydroxylation is 1. The van der Waals surface area contributed by atoms with Gasteiger partial charge in [0.2, 0.25) is 0 Å². The molecule has 1 aromatic carbocycles. The van der Waals surface area contributed by atoms with Crippen molar-refractivity contribution < 1.29 is 4.74 Å². The number of hydrogen-bond acceptors (Lipinski definition) is 6. The monoisotopic (exact) mass is 506 g/mol. The van der Waals surface area contributed by atoms with Crippen LogP contribution in [0.2, 0.25) is 5.02 Å². The second-order valence-corrected chi connectivity index (χ2v) is 10.0. The number of ether oxygens (including phenoxy) is 1. The van der Waals surface area contributed by atoms with Crippen LogP contribution in [0, 0.1) is 6.92 Å². The number of hydrogen-bond donors (Lipinski definition) is 1. The van der Waals surface area contributed by atoms with Crippen LogP contribution < -0.4 is 16.6 Å². The highest BCUT2D eigenvalue weighted by Crippen LogP contribution is 2.34. The first-order valence-electron chi connectivity index (χ1n) is 12.2. The molecule has 36 heavy (non-hydrogen) atoms. The van der Waals surface area contributed by atoms with E-state index in [0.29, 0.717) is 11.6 Å². The van der Waals surface area contributed by atoms with E-state index in [-0.39, 0.29) is 29.9 Å². The number of nitrogens with one attached hydrogen (secondary N) is 1. The molecule has 1 saturated carbocycles. The molecule has 9 nitrogen and oxygen atoms in total. The van der Waals surface area contributed by atoms with Gasteiger partial charge in [-0.1, -0.05) is 11.6 Å². The third kappa shape index (κ3) is 4.38. The molecule has 6 rings (SSSR count). The number of morpholine rings is 1. The predicted octanol–water partition coefficient (Wildman–Crippen LogP) is 2.60. The molecule has 1 aliphatic heterocycles. The lowest BCUT2D eigenvalue weighted by atomic mass is 9.94. The van der Waals surface area contributed by atoms with E-state index in [2.05, 4.69) is 22.3 Å². The van der Waals surface area contributed by atoms with Crippen molar-refractivity contribution >= 4 is 17.1 Å². The number of nitrogens with zero attached hydrogens (tertiary/aromatic N) is 5. The van der Waals surface area contributed by atoms with Crippen molar-refractivity contribution in [1.82, 2.24) is 29.0 Å². The maximum atomic E-state index is 12.9. The number of aromatic nitrogens is 5. The quantitative estimate of drug-likeness (QED) is 0.432. The highest BCUT2D eigenvalue weighted by Gasteiger charge is 2.26. The Hall–Kier alpha value is -3.27. The summed E-state index contributed by atoms with van der Waals surface area (Å²) in [6.07, 6.45) is 7.69. The van der Waals surface area contributed by atoms with Gasteiger partial charge in [0.25, 0.3) is 5.56 Å². The predicted molar refractivity (Wildman–Crippen MR) is 137 cm³/mol. The van der Waals surface area contributed by atoms with Crippen molar-refractivity contribution in [3.63, 3.8) is 0 Å². The van der Waals surface area contributed by atoms with Crippen molar-refractivity contribution in [3.05, 3.63) is 85.5 Å². The van der Waals surface area contributed by atoms with Gasteiger partial charge in [0.1, 0.15) is 6.33 Å². The van der Waals surface area contributed by atoms with Gasteiger partial charge in [-0.2, -0.15) is 5.10 Å². The van der Waals surface area contributed by atoms with Gasteiger partial charge < -0.3 is 10.1 Å². The first-order chi connectivity index (χ1) is 17.5.